The zero-order valence-corrected chi connectivity index (χ0v) is 59.4. The third kappa shape index (κ3) is 23.5. The number of Topliss-reactive ketones (excluding diaryl/α,β-unsaturated/α-hetero) is 4. The quantitative estimate of drug-likeness (QED) is 0.0413. The SMILES string of the molecule is C/C=C/C[C@@H](C)[C@@H](OC(C)=O)[C@H](CC(=O)[C@H](C(C)C)N(C)C(=O)[C@@H](CC(=O)[C@H](CC(C)C)N(C)C(=O)[C@@H](C)NC(=O)[C@H](C)CC(=O)[C@@H](CC(C)C)N(C)C(=O)[C@@H](CC(=O)OCC1c2ccccc2-c2ccccc21)C(C)C)CC(C)C)C(=O)N[C@@H](CC)C(=O)CCCO. The normalized spacial score (nSPS) is 15.8. The number of carbonyl (C=O) groups is 11. The highest BCUT2D eigenvalue weighted by Crippen LogP contribution is 2.45. The average molecular weight is 1300 g/mol. The molecule has 19 heteroatoms. The molecule has 11 atom stereocenters. The molecule has 0 radical (unpaired) electrons. The number of likely N-dealkylation sites (N-methyl/N-ethyl adjacent to an activating group) is 3. The van der Waals surface area contributed by atoms with Crippen LogP contribution in [0.3, 0.4) is 0 Å². The Morgan fingerprint density at radius 1 is 0.591 bits per heavy atom. The number of ketones is 4. The number of amides is 5. The lowest BCUT2D eigenvalue weighted by Crippen LogP contribution is -2.53. The molecular formula is C74H113N5O14. The smallest absolute Gasteiger partial charge is 0.306 e. The lowest BCUT2D eigenvalue weighted by Gasteiger charge is -2.36. The number of hydrogen-bond donors (Lipinski definition) is 3. The van der Waals surface area contributed by atoms with Crippen molar-refractivity contribution >= 4 is 64.6 Å². The fraction of sp³-hybridized carbons (Fsp3) is 0.662. The van der Waals surface area contributed by atoms with E-state index in [1.54, 1.807) is 41.7 Å². The maximum atomic E-state index is 15.0. The predicted octanol–water partition coefficient (Wildman–Crippen LogP) is 10.3. The van der Waals surface area contributed by atoms with Crippen molar-refractivity contribution in [3.63, 3.8) is 0 Å². The Hall–Kier alpha value is -6.89. The van der Waals surface area contributed by atoms with Gasteiger partial charge in [0, 0.05) is 78.1 Å². The van der Waals surface area contributed by atoms with Gasteiger partial charge in [0.15, 0.2) is 23.1 Å². The van der Waals surface area contributed by atoms with Crippen LogP contribution in [0.2, 0.25) is 0 Å². The summed E-state index contributed by atoms with van der Waals surface area (Å²) < 4.78 is 11.7. The minimum atomic E-state index is -1.27. The van der Waals surface area contributed by atoms with Gasteiger partial charge in [-0.15, -0.1) is 0 Å². The first kappa shape index (κ1) is 80.3. The maximum Gasteiger partial charge on any atom is 0.306 e. The van der Waals surface area contributed by atoms with Gasteiger partial charge in [-0.05, 0) is 110 Å². The summed E-state index contributed by atoms with van der Waals surface area (Å²) in [7, 11) is 4.52. The Labute approximate surface area is 555 Å². The molecule has 0 bridgehead atoms. The van der Waals surface area contributed by atoms with Crippen LogP contribution in [0.1, 0.15) is 198 Å². The van der Waals surface area contributed by atoms with Gasteiger partial charge in [-0.1, -0.05) is 151 Å². The molecule has 93 heavy (non-hydrogen) atoms. The molecule has 0 fully saturated rings. The third-order valence-corrected chi connectivity index (χ3v) is 18.1. The highest BCUT2D eigenvalue weighted by Gasteiger charge is 2.43. The standard InChI is InChI=1S/C74H113N5O14/c1-20-22-28-48(13)69(93-51(16)81)58(71(88)76-60(21-2)63(82)33-27-34-80)40-66(85)68(47(11)12)79(19)73(90)52(35-43(3)4)39-65(84)62(37-45(7)8)77(17)72(89)50(15)75-70(87)49(14)38-64(83)61(36-44(5)6)78(18)74(91)57(46(9)10)41-67(86)92-42-59-55-31-25-23-29-53(55)54-30-24-26-32-56(54)59/h20,22-26,29-32,43-50,52,57-62,68-69,80H,21,27-28,33-42H2,1-19H3,(H,75,87)(H,76,88)/b22-20+/t48-,49-,50-,52-,57+,58+,60+,61-,62+,68+,69-/m1/s1. The molecule has 0 aliphatic heterocycles. The van der Waals surface area contributed by atoms with Crippen LogP contribution in [0.4, 0.5) is 0 Å². The van der Waals surface area contributed by atoms with Crippen LogP contribution in [-0.2, 0) is 62.2 Å². The summed E-state index contributed by atoms with van der Waals surface area (Å²) in [4.78, 5) is 160. The summed E-state index contributed by atoms with van der Waals surface area (Å²) in [6, 6.07) is 10.9. The number of allylic oxidation sites excluding steroid dienone is 2. The van der Waals surface area contributed by atoms with Crippen molar-refractivity contribution in [3.8, 4) is 11.1 Å². The Kier molecular flexibility index (Phi) is 33.2. The van der Waals surface area contributed by atoms with Crippen molar-refractivity contribution in [2.24, 2.45) is 59.2 Å². The van der Waals surface area contributed by atoms with E-state index in [0.717, 1.165) is 22.3 Å². The first-order valence-electron chi connectivity index (χ1n) is 33.9. The first-order valence-corrected chi connectivity index (χ1v) is 33.9. The Morgan fingerprint density at radius 2 is 1.12 bits per heavy atom. The number of nitrogens with one attached hydrogen (secondary N) is 2. The number of carbonyl (C=O) groups excluding carboxylic acids is 11. The van der Waals surface area contributed by atoms with Crippen LogP contribution < -0.4 is 10.6 Å². The number of rotatable bonds is 41. The van der Waals surface area contributed by atoms with E-state index in [1.165, 1.54) is 42.6 Å². The van der Waals surface area contributed by atoms with E-state index >= 15 is 0 Å². The lowest BCUT2D eigenvalue weighted by molar-refractivity contribution is -0.158. The number of ether oxygens (including phenoxy) is 2. The number of hydrogen-bond acceptors (Lipinski definition) is 14. The molecule has 0 aromatic heterocycles. The van der Waals surface area contributed by atoms with E-state index in [-0.39, 0.29) is 106 Å². The van der Waals surface area contributed by atoms with E-state index in [0.29, 0.717) is 12.8 Å². The van der Waals surface area contributed by atoms with Crippen molar-refractivity contribution in [1.29, 1.82) is 0 Å². The average Bonchev–Trinajstić information content (AvgIpc) is 1.68. The van der Waals surface area contributed by atoms with E-state index in [1.807, 2.05) is 111 Å². The van der Waals surface area contributed by atoms with Crippen molar-refractivity contribution in [1.82, 2.24) is 25.3 Å². The molecule has 0 heterocycles. The van der Waals surface area contributed by atoms with Crippen LogP contribution in [0.25, 0.3) is 11.1 Å². The van der Waals surface area contributed by atoms with Crippen LogP contribution in [0.5, 0.6) is 0 Å². The molecule has 19 nitrogen and oxygen atoms in total. The zero-order chi connectivity index (χ0) is 70.3. The van der Waals surface area contributed by atoms with Gasteiger partial charge in [0.2, 0.25) is 29.5 Å². The highest BCUT2D eigenvalue weighted by atomic mass is 16.5. The van der Waals surface area contributed by atoms with Gasteiger partial charge in [0.05, 0.1) is 42.4 Å². The maximum absolute atomic E-state index is 15.0. The summed E-state index contributed by atoms with van der Waals surface area (Å²) in [5.74, 6) is -11.1. The second-order valence-corrected chi connectivity index (χ2v) is 28.0. The Bertz CT molecular complexity index is 2850. The Morgan fingerprint density at radius 3 is 1.60 bits per heavy atom. The van der Waals surface area contributed by atoms with E-state index in [9.17, 15) is 57.8 Å². The molecule has 2 aromatic rings. The molecule has 2 aromatic carbocycles. The minimum absolute atomic E-state index is 0.0164. The fourth-order valence-corrected chi connectivity index (χ4v) is 13.0. The molecule has 518 valence electrons. The second kappa shape index (κ2) is 38.5. The first-order chi connectivity index (χ1) is 43.6. The van der Waals surface area contributed by atoms with Gasteiger partial charge in [-0.2, -0.15) is 0 Å². The summed E-state index contributed by atoms with van der Waals surface area (Å²) >= 11 is 0. The number of nitrogens with zero attached hydrogens (tertiary/aromatic N) is 3. The minimum Gasteiger partial charge on any atom is -0.465 e. The molecule has 3 rings (SSSR count). The molecule has 0 saturated carbocycles. The molecule has 5 amide bonds. The van der Waals surface area contributed by atoms with Gasteiger partial charge in [0.25, 0.3) is 0 Å². The monoisotopic (exact) mass is 1300 g/mol. The van der Waals surface area contributed by atoms with Crippen LogP contribution in [-0.4, -0.2) is 155 Å². The molecule has 0 saturated heterocycles. The van der Waals surface area contributed by atoms with E-state index in [2.05, 4.69) is 22.8 Å². The highest BCUT2D eigenvalue weighted by molar-refractivity contribution is 5.98. The fourth-order valence-electron chi connectivity index (χ4n) is 13.0. The molecule has 3 N–H and O–H groups in total. The van der Waals surface area contributed by atoms with Crippen LogP contribution in [0.15, 0.2) is 60.7 Å². The summed E-state index contributed by atoms with van der Waals surface area (Å²) in [6.45, 7) is 28.2. The lowest BCUT2D eigenvalue weighted by atomic mass is 9.82. The summed E-state index contributed by atoms with van der Waals surface area (Å²) in [5.41, 5.74) is 4.32. The van der Waals surface area contributed by atoms with Crippen LogP contribution in [0, 0.1) is 59.2 Å². The van der Waals surface area contributed by atoms with Gasteiger partial charge < -0.3 is 39.9 Å². The number of aliphatic hydroxyl groups is 1. The molecular weight excluding hydrogens is 1180 g/mol. The summed E-state index contributed by atoms with van der Waals surface area (Å²) in [5, 5.41) is 15.0. The van der Waals surface area contributed by atoms with E-state index < -0.39 is 131 Å². The van der Waals surface area contributed by atoms with Gasteiger partial charge in [0.1, 0.15) is 18.8 Å². The third-order valence-electron chi connectivity index (χ3n) is 18.1. The van der Waals surface area contributed by atoms with Crippen molar-refractivity contribution in [2.75, 3.05) is 34.4 Å². The molecule has 1 aliphatic rings. The Balaban J connectivity index is 1.81. The number of fused-ring (bicyclic) bond motifs is 3. The van der Waals surface area contributed by atoms with Gasteiger partial charge in [-0.3, -0.25) is 52.7 Å². The number of aliphatic hydroxyl groups excluding tert-OH is 1. The van der Waals surface area contributed by atoms with Crippen molar-refractivity contribution < 1.29 is 67.3 Å². The number of esters is 2. The predicted molar refractivity (Wildman–Crippen MR) is 361 cm³/mol. The van der Waals surface area contributed by atoms with E-state index in [4.69, 9.17) is 9.47 Å². The molecule has 1 aliphatic carbocycles. The van der Waals surface area contributed by atoms with Crippen LogP contribution >= 0.6 is 0 Å². The molecule has 0 spiro atoms. The molecule has 0 unspecified atom stereocenters. The summed E-state index contributed by atoms with van der Waals surface area (Å²) in [6.07, 6.45) is 2.97. The zero-order valence-electron chi connectivity index (χ0n) is 59.4. The van der Waals surface area contributed by atoms with Crippen molar-refractivity contribution in [2.45, 2.75) is 224 Å². The number of benzene rings is 2. The van der Waals surface area contributed by atoms with Gasteiger partial charge >= 0.3 is 11.9 Å². The topological polar surface area (TPSA) is 260 Å². The largest absolute Gasteiger partial charge is 0.465 e. The van der Waals surface area contributed by atoms with Gasteiger partial charge in [-0.25, -0.2) is 0 Å². The second-order valence-electron chi connectivity index (χ2n) is 28.0. The van der Waals surface area contributed by atoms with Crippen molar-refractivity contribution in [3.05, 3.63) is 71.8 Å².